The Bertz CT molecular complexity index is 787. The maximum Gasteiger partial charge on any atom is 0.203 e. The van der Waals surface area contributed by atoms with Crippen molar-refractivity contribution in [3.8, 4) is 11.3 Å². The molecule has 0 saturated heterocycles. The van der Waals surface area contributed by atoms with Gasteiger partial charge in [0.15, 0.2) is 0 Å². The average molecular weight is 340 g/mol. The van der Waals surface area contributed by atoms with E-state index in [-0.39, 0.29) is 5.41 Å². The minimum absolute atomic E-state index is 0.238. The van der Waals surface area contributed by atoms with E-state index in [0.717, 1.165) is 28.7 Å². The maximum atomic E-state index is 4.78. The number of nitrogens with zero attached hydrogens (tertiary/aromatic N) is 2. The van der Waals surface area contributed by atoms with Gasteiger partial charge in [0.05, 0.1) is 5.69 Å². The van der Waals surface area contributed by atoms with Crippen molar-refractivity contribution in [2.24, 2.45) is 21.8 Å². The van der Waals surface area contributed by atoms with Gasteiger partial charge in [0.2, 0.25) is 5.13 Å². The van der Waals surface area contributed by atoms with E-state index in [1.54, 1.807) is 11.3 Å². The van der Waals surface area contributed by atoms with Crippen molar-refractivity contribution in [1.82, 2.24) is 4.98 Å². The molecule has 1 aromatic heterocycles. The number of hydrogen-bond donors (Lipinski definition) is 1. The molecule has 0 spiro atoms. The van der Waals surface area contributed by atoms with Gasteiger partial charge in [0.1, 0.15) is 0 Å². The Labute approximate surface area is 148 Å². The van der Waals surface area contributed by atoms with E-state index in [4.69, 9.17) is 10.1 Å². The number of fused-ring (bicyclic) bond motifs is 2. The molecule has 0 aliphatic heterocycles. The van der Waals surface area contributed by atoms with Gasteiger partial charge >= 0.3 is 0 Å². The second-order valence-corrected chi connectivity index (χ2v) is 8.93. The molecule has 126 valence electrons. The summed E-state index contributed by atoms with van der Waals surface area (Å²) in [4.78, 5) is 4.69. The van der Waals surface area contributed by atoms with Crippen LogP contribution in [0.3, 0.4) is 0 Å². The molecule has 0 amide bonds. The second-order valence-electron chi connectivity index (χ2n) is 8.07. The van der Waals surface area contributed by atoms with Gasteiger partial charge in [-0.15, -0.1) is 11.3 Å². The highest BCUT2D eigenvalue weighted by atomic mass is 32.1. The molecule has 24 heavy (non-hydrogen) atoms. The molecule has 2 aliphatic rings. The summed E-state index contributed by atoms with van der Waals surface area (Å²) in [7, 11) is 0. The van der Waals surface area contributed by atoms with Crippen LogP contribution in [0, 0.1) is 23.7 Å². The molecule has 4 heteroatoms. The van der Waals surface area contributed by atoms with Crippen molar-refractivity contribution < 1.29 is 0 Å². The highest BCUT2D eigenvalue weighted by Crippen LogP contribution is 2.63. The zero-order valence-electron chi connectivity index (χ0n) is 14.9. The van der Waals surface area contributed by atoms with Crippen LogP contribution in [0.15, 0.2) is 34.7 Å². The van der Waals surface area contributed by atoms with Crippen LogP contribution >= 0.6 is 11.3 Å². The van der Waals surface area contributed by atoms with Crippen LogP contribution in [0.5, 0.6) is 0 Å². The van der Waals surface area contributed by atoms with Crippen LogP contribution in [0.25, 0.3) is 11.3 Å². The zero-order chi connectivity index (χ0) is 16.9. The van der Waals surface area contributed by atoms with Crippen LogP contribution in [0.4, 0.5) is 5.13 Å². The molecule has 1 N–H and O–H groups in total. The predicted molar refractivity (Wildman–Crippen MR) is 103 cm³/mol. The van der Waals surface area contributed by atoms with Crippen LogP contribution in [0.1, 0.15) is 45.6 Å². The molecule has 4 rings (SSSR count). The van der Waals surface area contributed by atoms with E-state index in [1.807, 2.05) is 0 Å². The standard InChI is InChI=1S/C20H25N3S/c1-13-5-7-14(8-6-13)16-12-24-18(21-16)23-22-17-11-15-9-10-20(17,4)19(15,2)3/h5-8,12,15H,9-11H2,1-4H3,(H,21,23)/b22-17-/t15-,20-/m0/s1. The molecule has 1 heterocycles. The van der Waals surface area contributed by atoms with Gasteiger partial charge in [-0.3, -0.25) is 5.43 Å². The van der Waals surface area contributed by atoms with Crippen molar-refractivity contribution in [3.05, 3.63) is 35.2 Å². The van der Waals surface area contributed by atoms with Crippen molar-refractivity contribution in [2.45, 2.75) is 47.0 Å². The molecular formula is C20H25N3S. The summed E-state index contributed by atoms with van der Waals surface area (Å²) in [6.45, 7) is 9.31. The third-order valence-corrected chi connectivity index (χ3v) is 7.40. The van der Waals surface area contributed by atoms with Gasteiger partial charge in [-0.1, -0.05) is 50.6 Å². The third-order valence-electron chi connectivity index (χ3n) is 6.65. The summed E-state index contributed by atoms with van der Waals surface area (Å²) in [6.07, 6.45) is 3.74. The fourth-order valence-corrected chi connectivity index (χ4v) is 5.06. The first kappa shape index (κ1) is 15.8. The largest absolute Gasteiger partial charge is 0.253 e. The zero-order valence-corrected chi connectivity index (χ0v) is 15.7. The Morgan fingerprint density at radius 3 is 2.58 bits per heavy atom. The molecule has 2 saturated carbocycles. The first-order valence-corrected chi connectivity index (χ1v) is 9.64. The molecule has 1 aromatic carbocycles. The molecule has 2 fully saturated rings. The lowest BCUT2D eigenvalue weighted by molar-refractivity contribution is 0.194. The molecule has 2 aromatic rings. The van der Waals surface area contributed by atoms with Gasteiger partial charge in [0, 0.05) is 22.1 Å². The van der Waals surface area contributed by atoms with Crippen molar-refractivity contribution >= 4 is 22.2 Å². The Kier molecular flexibility index (Phi) is 3.57. The number of hydrogen-bond acceptors (Lipinski definition) is 4. The van der Waals surface area contributed by atoms with Crippen molar-refractivity contribution in [1.29, 1.82) is 0 Å². The first-order chi connectivity index (χ1) is 11.4. The van der Waals surface area contributed by atoms with E-state index in [1.165, 1.54) is 24.1 Å². The summed E-state index contributed by atoms with van der Waals surface area (Å²) in [5.41, 5.74) is 8.61. The summed E-state index contributed by atoms with van der Waals surface area (Å²) >= 11 is 1.62. The van der Waals surface area contributed by atoms with E-state index < -0.39 is 0 Å². The van der Waals surface area contributed by atoms with E-state index in [0.29, 0.717) is 5.41 Å². The van der Waals surface area contributed by atoms with E-state index in [9.17, 15) is 0 Å². The van der Waals surface area contributed by atoms with Crippen molar-refractivity contribution in [3.63, 3.8) is 0 Å². The topological polar surface area (TPSA) is 37.3 Å². The van der Waals surface area contributed by atoms with Crippen molar-refractivity contribution in [2.75, 3.05) is 5.43 Å². The number of rotatable bonds is 3. The smallest absolute Gasteiger partial charge is 0.203 e. The lowest BCUT2D eigenvalue weighted by atomic mass is 9.70. The fraction of sp³-hybridized carbons (Fsp3) is 0.500. The Morgan fingerprint density at radius 1 is 1.21 bits per heavy atom. The fourth-order valence-electron chi connectivity index (χ4n) is 4.39. The number of aromatic nitrogens is 1. The van der Waals surface area contributed by atoms with Gasteiger partial charge in [0.25, 0.3) is 0 Å². The van der Waals surface area contributed by atoms with Crippen LogP contribution in [-0.2, 0) is 0 Å². The lowest BCUT2D eigenvalue weighted by Crippen LogP contribution is -2.32. The number of hydrazone groups is 1. The molecule has 2 atom stereocenters. The third kappa shape index (κ3) is 2.31. The SMILES string of the molecule is Cc1ccc(-c2csc(N/N=C3/C[C@@H]4CC[C@]3(C)C4(C)C)n2)cc1. The summed E-state index contributed by atoms with van der Waals surface area (Å²) in [5, 5.41) is 7.75. The van der Waals surface area contributed by atoms with Crippen LogP contribution < -0.4 is 5.43 Å². The average Bonchev–Trinajstić information content (AvgIpc) is 3.16. The van der Waals surface area contributed by atoms with Gasteiger partial charge in [-0.2, -0.15) is 5.10 Å². The van der Waals surface area contributed by atoms with Gasteiger partial charge in [-0.25, -0.2) is 4.98 Å². The van der Waals surface area contributed by atoms with E-state index >= 15 is 0 Å². The monoisotopic (exact) mass is 339 g/mol. The first-order valence-electron chi connectivity index (χ1n) is 8.76. The molecule has 2 aliphatic carbocycles. The van der Waals surface area contributed by atoms with Gasteiger partial charge in [-0.05, 0) is 37.5 Å². The Morgan fingerprint density at radius 2 is 1.96 bits per heavy atom. The summed E-state index contributed by atoms with van der Waals surface area (Å²) < 4.78 is 0. The number of thiazole rings is 1. The summed E-state index contributed by atoms with van der Waals surface area (Å²) in [6, 6.07) is 8.50. The molecule has 3 nitrogen and oxygen atoms in total. The predicted octanol–water partition coefficient (Wildman–Crippen LogP) is 5.73. The Hall–Kier alpha value is -1.68. The van der Waals surface area contributed by atoms with Crippen LogP contribution in [-0.4, -0.2) is 10.7 Å². The second kappa shape index (κ2) is 5.41. The number of nitrogens with one attached hydrogen (secondary N) is 1. The minimum atomic E-state index is 0.238. The molecule has 0 radical (unpaired) electrons. The molecular weight excluding hydrogens is 314 g/mol. The van der Waals surface area contributed by atoms with Gasteiger partial charge < -0.3 is 0 Å². The lowest BCUT2D eigenvalue weighted by Gasteiger charge is -2.34. The number of benzene rings is 1. The maximum absolute atomic E-state index is 4.78. The highest BCUT2D eigenvalue weighted by Gasteiger charge is 2.59. The number of anilines is 1. The number of aryl methyl sites for hydroxylation is 1. The normalized spacial score (nSPS) is 29.3. The quantitative estimate of drug-likeness (QED) is 0.725. The Balaban J connectivity index is 1.52. The molecule has 2 bridgehead atoms. The molecule has 0 unspecified atom stereocenters. The highest BCUT2D eigenvalue weighted by molar-refractivity contribution is 7.14. The van der Waals surface area contributed by atoms with Crippen LogP contribution in [0.2, 0.25) is 0 Å². The minimum Gasteiger partial charge on any atom is -0.253 e. The van der Waals surface area contributed by atoms with E-state index in [2.05, 4.69) is 62.8 Å². The summed E-state index contributed by atoms with van der Waals surface area (Å²) in [5.74, 6) is 0.780.